The van der Waals surface area contributed by atoms with Crippen LogP contribution in [0.4, 0.5) is 10.1 Å². The molecule has 84 valence electrons. The van der Waals surface area contributed by atoms with Gasteiger partial charge in [0.05, 0.1) is 12.3 Å². The molecule has 4 heteroatoms. The normalized spacial score (nSPS) is 10.1. The highest BCUT2D eigenvalue weighted by atomic mass is 19.1. The average Bonchev–Trinajstić information content (AvgIpc) is 2.22. The minimum absolute atomic E-state index is 0.289. The molecule has 0 saturated heterocycles. The fourth-order valence-electron chi connectivity index (χ4n) is 1.24. The quantitative estimate of drug-likeness (QED) is 0.709. The Bertz CT molecular complexity index is 305. The molecule has 0 fully saturated rings. The Morgan fingerprint density at radius 2 is 2.27 bits per heavy atom. The highest BCUT2D eigenvalue weighted by molar-refractivity contribution is 5.56. The highest BCUT2D eigenvalue weighted by Crippen LogP contribution is 2.25. The second-order valence-corrected chi connectivity index (χ2v) is 3.14. The van der Waals surface area contributed by atoms with Gasteiger partial charge in [-0.15, -0.1) is 0 Å². The summed E-state index contributed by atoms with van der Waals surface area (Å²) in [6, 6.07) is 4.47. The fraction of sp³-hybridized carbons (Fsp3) is 0.455. The molecule has 0 aromatic heterocycles. The van der Waals surface area contributed by atoms with Crippen LogP contribution in [0.3, 0.4) is 0 Å². The lowest BCUT2D eigenvalue weighted by atomic mass is 10.2. The fourth-order valence-corrected chi connectivity index (χ4v) is 1.24. The lowest BCUT2D eigenvalue weighted by molar-refractivity contribution is 0.340. The van der Waals surface area contributed by atoms with Gasteiger partial charge >= 0.3 is 0 Å². The van der Waals surface area contributed by atoms with Crippen LogP contribution in [-0.4, -0.2) is 19.7 Å². The van der Waals surface area contributed by atoms with Gasteiger partial charge in [0.2, 0.25) is 0 Å². The first-order valence-corrected chi connectivity index (χ1v) is 5.14. The molecule has 0 amide bonds. The van der Waals surface area contributed by atoms with Crippen molar-refractivity contribution < 1.29 is 9.13 Å². The Kier molecular flexibility index (Phi) is 4.90. The Labute approximate surface area is 89.4 Å². The molecule has 0 radical (unpaired) electrons. The van der Waals surface area contributed by atoms with Crippen molar-refractivity contribution in [3.63, 3.8) is 0 Å². The molecule has 0 aliphatic rings. The summed E-state index contributed by atoms with van der Waals surface area (Å²) in [6.07, 6.45) is 0.878. The van der Waals surface area contributed by atoms with Gasteiger partial charge in [-0.1, -0.05) is 0 Å². The van der Waals surface area contributed by atoms with Gasteiger partial charge in [0, 0.05) is 12.6 Å². The van der Waals surface area contributed by atoms with Gasteiger partial charge in [0.15, 0.2) is 0 Å². The van der Waals surface area contributed by atoms with Crippen molar-refractivity contribution in [2.45, 2.75) is 13.3 Å². The monoisotopic (exact) mass is 212 g/mol. The first-order chi connectivity index (χ1) is 7.27. The van der Waals surface area contributed by atoms with Crippen LogP contribution in [-0.2, 0) is 0 Å². The summed E-state index contributed by atoms with van der Waals surface area (Å²) in [5.74, 6) is 0.261. The maximum absolute atomic E-state index is 12.9. The molecule has 3 N–H and O–H groups in total. The van der Waals surface area contributed by atoms with Gasteiger partial charge in [-0.2, -0.15) is 0 Å². The number of anilines is 1. The SMILES string of the molecule is CCOc1cc(F)ccc1NCCCN. The topological polar surface area (TPSA) is 47.3 Å². The molecule has 0 heterocycles. The van der Waals surface area contributed by atoms with Crippen LogP contribution in [0.5, 0.6) is 5.75 Å². The van der Waals surface area contributed by atoms with Crippen LogP contribution in [0, 0.1) is 5.82 Å². The molecule has 0 unspecified atom stereocenters. The zero-order valence-electron chi connectivity index (χ0n) is 8.92. The number of halogens is 1. The maximum atomic E-state index is 12.9. The number of rotatable bonds is 6. The third-order valence-corrected chi connectivity index (χ3v) is 1.94. The number of hydrogen-bond acceptors (Lipinski definition) is 3. The second-order valence-electron chi connectivity index (χ2n) is 3.14. The summed E-state index contributed by atoms with van der Waals surface area (Å²) >= 11 is 0. The molecular formula is C11H17FN2O. The first kappa shape index (κ1) is 11.8. The van der Waals surface area contributed by atoms with Crippen molar-refractivity contribution in [1.82, 2.24) is 0 Å². The molecular weight excluding hydrogens is 195 g/mol. The van der Waals surface area contributed by atoms with Gasteiger partial charge in [-0.3, -0.25) is 0 Å². The van der Waals surface area contributed by atoms with Gasteiger partial charge < -0.3 is 15.8 Å². The van der Waals surface area contributed by atoms with Crippen LogP contribution in [0.25, 0.3) is 0 Å². The van der Waals surface area contributed by atoms with Crippen LogP contribution in [0.1, 0.15) is 13.3 Å². The molecule has 0 saturated carbocycles. The standard InChI is InChI=1S/C11H17FN2O/c1-2-15-11-8-9(12)4-5-10(11)14-7-3-6-13/h4-5,8,14H,2-3,6-7,13H2,1H3. The third-order valence-electron chi connectivity index (χ3n) is 1.94. The summed E-state index contributed by atoms with van der Waals surface area (Å²) < 4.78 is 18.2. The van der Waals surface area contributed by atoms with Crippen LogP contribution < -0.4 is 15.8 Å². The van der Waals surface area contributed by atoms with Crippen molar-refractivity contribution in [3.8, 4) is 5.75 Å². The summed E-state index contributed by atoms with van der Waals surface area (Å²) in [6.45, 7) is 3.80. The third kappa shape index (κ3) is 3.75. The van der Waals surface area contributed by atoms with E-state index in [0.717, 1.165) is 18.7 Å². The van der Waals surface area contributed by atoms with E-state index in [0.29, 0.717) is 18.9 Å². The Morgan fingerprint density at radius 1 is 1.47 bits per heavy atom. The van der Waals surface area contributed by atoms with E-state index in [1.807, 2.05) is 6.92 Å². The van der Waals surface area contributed by atoms with Crippen LogP contribution in [0.2, 0.25) is 0 Å². The molecule has 1 aromatic rings. The number of hydrogen-bond donors (Lipinski definition) is 2. The van der Waals surface area contributed by atoms with Crippen molar-refractivity contribution in [2.75, 3.05) is 25.0 Å². The minimum atomic E-state index is -0.289. The summed E-state index contributed by atoms with van der Waals surface area (Å²) in [4.78, 5) is 0. The zero-order chi connectivity index (χ0) is 11.1. The smallest absolute Gasteiger partial charge is 0.145 e. The van der Waals surface area contributed by atoms with Crippen LogP contribution >= 0.6 is 0 Å². The Morgan fingerprint density at radius 3 is 2.93 bits per heavy atom. The van der Waals surface area contributed by atoms with E-state index in [2.05, 4.69) is 5.32 Å². The van der Waals surface area contributed by atoms with Gasteiger partial charge in [0.25, 0.3) is 0 Å². The van der Waals surface area contributed by atoms with E-state index in [4.69, 9.17) is 10.5 Å². The van der Waals surface area contributed by atoms with E-state index in [1.54, 1.807) is 6.07 Å². The predicted octanol–water partition coefficient (Wildman–Crippen LogP) is 1.99. The average molecular weight is 212 g/mol. The predicted molar refractivity (Wildman–Crippen MR) is 59.7 cm³/mol. The van der Waals surface area contributed by atoms with Crippen molar-refractivity contribution in [2.24, 2.45) is 5.73 Å². The summed E-state index contributed by atoms with van der Waals surface area (Å²) in [5.41, 5.74) is 6.19. The second kappa shape index (κ2) is 6.24. The lowest BCUT2D eigenvalue weighted by Gasteiger charge is -2.11. The van der Waals surface area contributed by atoms with Crippen molar-refractivity contribution in [1.29, 1.82) is 0 Å². The van der Waals surface area contributed by atoms with E-state index in [9.17, 15) is 4.39 Å². The number of benzene rings is 1. The Hall–Kier alpha value is -1.29. The van der Waals surface area contributed by atoms with E-state index in [1.165, 1.54) is 12.1 Å². The minimum Gasteiger partial charge on any atom is -0.492 e. The largest absolute Gasteiger partial charge is 0.492 e. The molecule has 3 nitrogen and oxygen atoms in total. The Balaban J connectivity index is 2.67. The first-order valence-electron chi connectivity index (χ1n) is 5.14. The van der Waals surface area contributed by atoms with Crippen molar-refractivity contribution >= 4 is 5.69 Å². The molecule has 0 bridgehead atoms. The number of ether oxygens (including phenoxy) is 1. The molecule has 15 heavy (non-hydrogen) atoms. The van der Waals surface area contributed by atoms with E-state index < -0.39 is 0 Å². The zero-order valence-corrected chi connectivity index (χ0v) is 8.92. The van der Waals surface area contributed by atoms with Crippen LogP contribution in [0.15, 0.2) is 18.2 Å². The molecule has 1 aromatic carbocycles. The van der Waals surface area contributed by atoms with Gasteiger partial charge in [-0.25, -0.2) is 4.39 Å². The molecule has 0 aliphatic carbocycles. The number of nitrogens with one attached hydrogen (secondary N) is 1. The lowest BCUT2D eigenvalue weighted by Crippen LogP contribution is -2.09. The molecule has 1 rings (SSSR count). The molecule has 0 spiro atoms. The van der Waals surface area contributed by atoms with Gasteiger partial charge in [-0.05, 0) is 32.0 Å². The maximum Gasteiger partial charge on any atom is 0.145 e. The van der Waals surface area contributed by atoms with Gasteiger partial charge in [0.1, 0.15) is 11.6 Å². The molecule has 0 atom stereocenters. The number of nitrogens with two attached hydrogens (primary N) is 1. The van der Waals surface area contributed by atoms with Crippen molar-refractivity contribution in [3.05, 3.63) is 24.0 Å². The summed E-state index contributed by atoms with van der Waals surface area (Å²) in [5, 5.41) is 3.15. The van der Waals surface area contributed by atoms with E-state index >= 15 is 0 Å². The van der Waals surface area contributed by atoms with E-state index in [-0.39, 0.29) is 5.82 Å². The molecule has 0 aliphatic heterocycles. The summed E-state index contributed by atoms with van der Waals surface area (Å²) in [7, 11) is 0. The highest BCUT2D eigenvalue weighted by Gasteiger charge is 2.03.